The number of hydrogen-bond acceptors (Lipinski definition) is 11. The number of fused-ring (bicyclic) bond motifs is 4. The Balaban J connectivity index is 1.14. The molecule has 3 fully saturated rings. The van der Waals surface area contributed by atoms with Gasteiger partial charge in [0.15, 0.2) is 11.5 Å². The van der Waals surface area contributed by atoms with Crippen LogP contribution in [0.25, 0.3) is 0 Å². The lowest BCUT2D eigenvalue weighted by Crippen LogP contribution is -2.53. The van der Waals surface area contributed by atoms with Gasteiger partial charge in [-0.3, -0.25) is 29.5 Å². The molecule has 0 unspecified atom stereocenters. The fourth-order valence-electron chi connectivity index (χ4n) is 9.99. The lowest BCUT2D eigenvalue weighted by molar-refractivity contribution is -0.138. The zero-order valence-corrected chi connectivity index (χ0v) is 38.1. The predicted octanol–water partition coefficient (Wildman–Crippen LogP) is 10.1. The van der Waals surface area contributed by atoms with E-state index in [4.69, 9.17) is 32.7 Å². The average molecular weight is 965 g/mol. The van der Waals surface area contributed by atoms with Crippen LogP contribution in [0, 0.1) is 23.7 Å². The fraction of sp³-hybridized carbons (Fsp3) is 0.250. The second kappa shape index (κ2) is 16.7. The Kier molecular flexibility index (Phi) is 11.2. The summed E-state index contributed by atoms with van der Waals surface area (Å²) in [5.41, 5.74) is 6.06. The Labute approximate surface area is 387 Å². The minimum absolute atomic E-state index is 0.0602. The summed E-state index contributed by atoms with van der Waals surface area (Å²) in [5, 5.41) is 21.3. The van der Waals surface area contributed by atoms with Gasteiger partial charge in [0.2, 0.25) is 11.8 Å². The summed E-state index contributed by atoms with van der Waals surface area (Å²) in [5.74, 6) is -5.54. The molecule has 4 aliphatic rings. The van der Waals surface area contributed by atoms with Crippen molar-refractivity contribution < 1.29 is 33.8 Å². The first kappa shape index (κ1) is 43.1. The third-order valence-electron chi connectivity index (χ3n) is 12.9. The van der Waals surface area contributed by atoms with Crippen LogP contribution in [0.5, 0.6) is 17.2 Å². The molecule has 2 aliphatic carbocycles. The third-order valence-corrected chi connectivity index (χ3v) is 14.1. The maximum absolute atomic E-state index is 15.6. The summed E-state index contributed by atoms with van der Waals surface area (Å²) in [6.45, 7) is 0. The summed E-state index contributed by atoms with van der Waals surface area (Å²) in [6.07, 6.45) is 2.22. The van der Waals surface area contributed by atoms with Gasteiger partial charge in [-0.05, 0) is 137 Å². The number of phenolic OH excluding ortho intramolecular Hbond substituents is 1. The molecule has 2 aliphatic heterocycles. The van der Waals surface area contributed by atoms with E-state index in [1.54, 1.807) is 72.8 Å². The number of anilines is 3. The van der Waals surface area contributed by atoms with Crippen molar-refractivity contribution in [3.63, 3.8) is 0 Å². The topological polar surface area (TPSA) is 153 Å². The van der Waals surface area contributed by atoms with E-state index in [9.17, 15) is 14.7 Å². The van der Waals surface area contributed by atoms with Crippen LogP contribution in [0.3, 0.4) is 0 Å². The molecule has 2 heterocycles. The van der Waals surface area contributed by atoms with Crippen molar-refractivity contribution >= 4 is 91.2 Å². The van der Waals surface area contributed by atoms with E-state index in [1.165, 1.54) is 25.2 Å². The summed E-state index contributed by atoms with van der Waals surface area (Å²) in [6, 6.07) is 29.4. The number of halogens is 3. The summed E-state index contributed by atoms with van der Waals surface area (Å²) in [4.78, 5) is 63.3. The molecule has 326 valence electrons. The second-order valence-electron chi connectivity index (χ2n) is 16.4. The van der Waals surface area contributed by atoms with Crippen molar-refractivity contribution in [3.05, 3.63) is 140 Å². The number of phenols is 1. The number of nitrogens with one attached hydrogen (secondary N) is 1. The number of hydrazine groups is 1. The molecule has 1 saturated carbocycles. The molecular formula is C48H41BrCl2N6O7. The van der Waals surface area contributed by atoms with E-state index in [-0.39, 0.29) is 41.0 Å². The van der Waals surface area contributed by atoms with Crippen LogP contribution < -0.4 is 24.7 Å². The van der Waals surface area contributed by atoms with Gasteiger partial charge in [-0.15, -0.1) is 0 Å². The van der Waals surface area contributed by atoms with E-state index in [2.05, 4.69) is 31.6 Å². The van der Waals surface area contributed by atoms with Crippen LogP contribution in [0.4, 0.5) is 28.4 Å². The number of hydrogen-bond donors (Lipinski definition) is 2. The van der Waals surface area contributed by atoms with E-state index in [1.807, 2.05) is 49.3 Å². The number of aromatic hydroxyl groups is 1. The summed E-state index contributed by atoms with van der Waals surface area (Å²) in [7, 11) is 6.87. The van der Waals surface area contributed by atoms with Crippen molar-refractivity contribution in [2.75, 3.05) is 43.5 Å². The van der Waals surface area contributed by atoms with Gasteiger partial charge in [0.25, 0.3) is 11.8 Å². The smallest absolute Gasteiger partial charge is 0.260 e. The van der Waals surface area contributed by atoms with Crippen molar-refractivity contribution in [2.45, 2.75) is 24.2 Å². The standard InChI is InChI=1S/C48H41BrCl2N6O7/c1-55(2)30-12-8-28(9-13-30)52-53-29-10-14-31(15-11-29)56-44(59)34-19-18-33-35(41(34)46(56)61)24-36-45(60)57(54-39-20-7-27(50)23-38(39)51)47(62)48(36,26-5-16-32(63-3)17-6-26)42(33)25-21-37(49)43(58)40(22-25)64-4/h5-18,20-23,34-36,41-42,54,58H,19,24H2,1-4H3/t34-,35+,36-,41-,42-,48+/m0/s1. The van der Waals surface area contributed by atoms with E-state index >= 15 is 9.59 Å². The van der Waals surface area contributed by atoms with Crippen LogP contribution in [0.2, 0.25) is 10.0 Å². The quantitative estimate of drug-likeness (QED) is 0.0791. The molecule has 5 aromatic carbocycles. The highest BCUT2D eigenvalue weighted by Gasteiger charge is 2.70. The van der Waals surface area contributed by atoms with Gasteiger partial charge in [-0.1, -0.05) is 47.0 Å². The van der Waals surface area contributed by atoms with Crippen LogP contribution in [-0.4, -0.2) is 62.1 Å². The molecule has 16 heteroatoms. The van der Waals surface area contributed by atoms with Crippen molar-refractivity contribution in [3.8, 4) is 17.2 Å². The molecule has 9 rings (SSSR count). The minimum Gasteiger partial charge on any atom is -0.503 e. The monoisotopic (exact) mass is 962 g/mol. The first-order valence-corrected chi connectivity index (χ1v) is 22.0. The molecule has 2 N–H and O–H groups in total. The largest absolute Gasteiger partial charge is 0.503 e. The number of azo groups is 1. The number of allylic oxidation sites excluding steroid dienone is 2. The third kappa shape index (κ3) is 6.99. The van der Waals surface area contributed by atoms with E-state index in [0.717, 1.165) is 16.3 Å². The van der Waals surface area contributed by atoms with Gasteiger partial charge in [0.1, 0.15) is 5.75 Å². The molecule has 0 spiro atoms. The Bertz CT molecular complexity index is 2790. The van der Waals surface area contributed by atoms with E-state index in [0.29, 0.717) is 43.4 Å². The number of carbonyl (C=O) groups is 4. The van der Waals surface area contributed by atoms with Gasteiger partial charge in [-0.25, -0.2) is 0 Å². The Morgan fingerprint density at radius 2 is 1.48 bits per heavy atom. The number of methoxy groups -OCH3 is 2. The molecular weight excluding hydrogens is 923 g/mol. The maximum atomic E-state index is 15.6. The van der Waals surface area contributed by atoms with Crippen LogP contribution in [0.15, 0.2) is 129 Å². The van der Waals surface area contributed by atoms with Crippen LogP contribution >= 0.6 is 39.1 Å². The lowest BCUT2D eigenvalue weighted by atomic mass is 9.49. The normalized spacial score (nSPS) is 23.8. The Morgan fingerprint density at radius 1 is 0.812 bits per heavy atom. The minimum atomic E-state index is -1.62. The molecule has 0 radical (unpaired) electrons. The highest BCUT2D eigenvalue weighted by Crippen LogP contribution is 2.65. The van der Waals surface area contributed by atoms with E-state index < -0.39 is 52.7 Å². The lowest BCUT2D eigenvalue weighted by Gasteiger charge is -2.50. The fourth-order valence-corrected chi connectivity index (χ4v) is 10.9. The zero-order chi connectivity index (χ0) is 45.2. The SMILES string of the molecule is COc1ccc([C@@]23C(=O)N(Nc4ccc(Cl)cc4Cl)C(=O)[C@@H]2C[C@@H]2C(=CC[C@@H]4C(=O)N(c5ccc(N=Nc6ccc(N(C)C)cc6)cc5)C(=O)[C@@H]42)[C@@H]3c2cc(Br)c(O)c(OC)c2)cc1. The Hall–Kier alpha value is -6.22. The number of nitrogens with zero attached hydrogens (tertiary/aromatic N) is 5. The summed E-state index contributed by atoms with van der Waals surface area (Å²) < 4.78 is 11.4. The number of benzene rings is 5. The molecule has 0 aromatic heterocycles. The highest BCUT2D eigenvalue weighted by molar-refractivity contribution is 9.10. The summed E-state index contributed by atoms with van der Waals surface area (Å²) >= 11 is 16.3. The van der Waals surface area contributed by atoms with Gasteiger partial charge in [-0.2, -0.15) is 15.2 Å². The molecule has 13 nitrogen and oxygen atoms in total. The molecule has 2 saturated heterocycles. The number of amides is 4. The maximum Gasteiger partial charge on any atom is 0.260 e. The van der Waals surface area contributed by atoms with Crippen molar-refractivity contribution in [1.82, 2.24) is 5.01 Å². The van der Waals surface area contributed by atoms with Gasteiger partial charge >= 0.3 is 0 Å². The van der Waals surface area contributed by atoms with Crippen LogP contribution in [-0.2, 0) is 24.6 Å². The molecule has 4 amide bonds. The van der Waals surface area contributed by atoms with Crippen LogP contribution in [0.1, 0.15) is 29.9 Å². The van der Waals surface area contributed by atoms with Gasteiger partial charge < -0.3 is 19.5 Å². The second-order valence-corrected chi connectivity index (χ2v) is 18.1. The first-order valence-electron chi connectivity index (χ1n) is 20.4. The average Bonchev–Trinajstić information content (AvgIpc) is 3.68. The molecule has 5 aromatic rings. The number of imide groups is 2. The Morgan fingerprint density at radius 3 is 2.11 bits per heavy atom. The first-order chi connectivity index (χ1) is 30.8. The molecule has 6 atom stereocenters. The highest BCUT2D eigenvalue weighted by atomic mass is 79.9. The van der Waals surface area contributed by atoms with Crippen molar-refractivity contribution in [1.29, 1.82) is 0 Å². The predicted molar refractivity (Wildman–Crippen MR) is 247 cm³/mol. The number of rotatable bonds is 10. The molecule has 64 heavy (non-hydrogen) atoms. The zero-order valence-electron chi connectivity index (χ0n) is 35.0. The van der Waals surface area contributed by atoms with Gasteiger partial charge in [0.05, 0.1) is 69.6 Å². The van der Waals surface area contributed by atoms with Crippen molar-refractivity contribution in [2.24, 2.45) is 33.9 Å². The van der Waals surface area contributed by atoms with Gasteiger partial charge in [0, 0.05) is 30.7 Å². The number of carbonyl (C=O) groups excluding carboxylic acids is 4. The number of ether oxygens (including phenoxy) is 2. The molecule has 0 bridgehead atoms.